The summed E-state index contributed by atoms with van der Waals surface area (Å²) in [5.41, 5.74) is 2.29. The van der Waals surface area contributed by atoms with Crippen LogP contribution < -0.4 is 10.1 Å². The van der Waals surface area contributed by atoms with Crippen molar-refractivity contribution in [3.05, 3.63) is 11.3 Å². The number of carbonyl (C=O) groups excluding carboxylic acids is 1. The monoisotopic (exact) mass is 365 g/mol. The van der Waals surface area contributed by atoms with Crippen molar-refractivity contribution in [3.8, 4) is 5.88 Å². The zero-order valence-electron chi connectivity index (χ0n) is 17.3. The molecule has 1 aliphatic rings. The van der Waals surface area contributed by atoms with Gasteiger partial charge in [-0.2, -0.15) is 5.10 Å². The van der Waals surface area contributed by atoms with Crippen molar-refractivity contribution >= 4 is 6.03 Å². The van der Waals surface area contributed by atoms with Gasteiger partial charge in [-0.3, -0.25) is 4.90 Å². The number of aryl methyl sites for hydroxylation is 2. The number of ether oxygens (including phenoxy) is 1. The third-order valence-corrected chi connectivity index (χ3v) is 4.95. The highest BCUT2D eigenvalue weighted by Crippen LogP contribution is 2.22. The predicted octanol–water partition coefficient (Wildman–Crippen LogP) is 2.25. The van der Waals surface area contributed by atoms with Gasteiger partial charge in [0.15, 0.2) is 0 Å². The molecular formula is C19H35N5O2. The summed E-state index contributed by atoms with van der Waals surface area (Å²) in [7, 11) is 3.50. The molecule has 0 bridgehead atoms. The van der Waals surface area contributed by atoms with Crippen LogP contribution in [0.2, 0.25) is 0 Å². The molecule has 1 aromatic heterocycles. The van der Waals surface area contributed by atoms with E-state index in [2.05, 4.69) is 43.0 Å². The molecule has 0 spiro atoms. The summed E-state index contributed by atoms with van der Waals surface area (Å²) < 4.78 is 7.16. The molecule has 2 amide bonds. The molecule has 0 radical (unpaired) electrons. The molecule has 1 aromatic rings. The molecule has 0 saturated carbocycles. The summed E-state index contributed by atoms with van der Waals surface area (Å²) in [4.78, 5) is 16.9. The number of nitrogens with one attached hydrogen (secondary N) is 1. The fourth-order valence-corrected chi connectivity index (χ4v) is 3.27. The highest BCUT2D eigenvalue weighted by molar-refractivity contribution is 5.74. The third kappa shape index (κ3) is 5.37. The lowest BCUT2D eigenvalue weighted by Gasteiger charge is -2.35. The Balaban J connectivity index is 1.83. The SMILES string of the molecule is CCc1nn(C)c(OC)c1CNC(=O)N1CCN(CCC(C)(C)C)CC1. The average molecular weight is 366 g/mol. The summed E-state index contributed by atoms with van der Waals surface area (Å²) in [5, 5.41) is 7.50. The van der Waals surface area contributed by atoms with Crippen LogP contribution in [0.15, 0.2) is 0 Å². The van der Waals surface area contributed by atoms with Gasteiger partial charge in [0.25, 0.3) is 0 Å². The number of methoxy groups -OCH3 is 1. The Labute approximate surface area is 157 Å². The Morgan fingerprint density at radius 3 is 2.42 bits per heavy atom. The maximum atomic E-state index is 12.5. The number of rotatable bonds is 6. The second-order valence-electron chi connectivity index (χ2n) is 8.21. The Morgan fingerprint density at radius 1 is 1.23 bits per heavy atom. The Kier molecular flexibility index (Phi) is 6.92. The fourth-order valence-electron chi connectivity index (χ4n) is 3.27. The highest BCUT2D eigenvalue weighted by Gasteiger charge is 2.23. The van der Waals surface area contributed by atoms with Crippen molar-refractivity contribution in [2.24, 2.45) is 12.5 Å². The van der Waals surface area contributed by atoms with Crippen LogP contribution in [-0.2, 0) is 20.0 Å². The van der Waals surface area contributed by atoms with Crippen LogP contribution in [0.1, 0.15) is 45.4 Å². The number of amides is 2. The number of hydrogen-bond donors (Lipinski definition) is 1. The molecule has 2 heterocycles. The zero-order chi connectivity index (χ0) is 19.3. The molecule has 148 valence electrons. The molecule has 1 saturated heterocycles. The van der Waals surface area contributed by atoms with E-state index in [4.69, 9.17) is 4.74 Å². The number of nitrogens with zero attached hydrogens (tertiary/aromatic N) is 4. The minimum absolute atomic E-state index is 0.00608. The fraction of sp³-hybridized carbons (Fsp3) is 0.789. The molecule has 0 unspecified atom stereocenters. The second-order valence-corrected chi connectivity index (χ2v) is 8.21. The van der Waals surface area contributed by atoms with E-state index >= 15 is 0 Å². The standard InChI is InChI=1S/C19H35N5O2/c1-7-16-15(17(26-6)22(5)21-16)14-20-18(25)24-12-10-23(11-13-24)9-8-19(2,3)4/h7-14H2,1-6H3,(H,20,25). The predicted molar refractivity (Wildman–Crippen MR) is 103 cm³/mol. The van der Waals surface area contributed by atoms with Crippen molar-refractivity contribution in [1.29, 1.82) is 0 Å². The summed E-state index contributed by atoms with van der Waals surface area (Å²) in [5.74, 6) is 0.717. The first-order valence-corrected chi connectivity index (χ1v) is 9.59. The number of urea groups is 1. The lowest BCUT2D eigenvalue weighted by atomic mass is 9.92. The van der Waals surface area contributed by atoms with Crippen LogP contribution in [0, 0.1) is 5.41 Å². The smallest absolute Gasteiger partial charge is 0.317 e. The first-order valence-electron chi connectivity index (χ1n) is 9.59. The van der Waals surface area contributed by atoms with Gasteiger partial charge in [-0.1, -0.05) is 27.7 Å². The normalized spacial score (nSPS) is 16.0. The summed E-state index contributed by atoms with van der Waals surface area (Å²) in [6.07, 6.45) is 1.99. The van der Waals surface area contributed by atoms with Crippen LogP contribution in [0.5, 0.6) is 5.88 Å². The van der Waals surface area contributed by atoms with Gasteiger partial charge in [-0.25, -0.2) is 9.48 Å². The van der Waals surface area contributed by atoms with E-state index in [1.807, 2.05) is 11.9 Å². The number of carbonyl (C=O) groups is 1. The molecule has 26 heavy (non-hydrogen) atoms. The molecule has 0 atom stereocenters. The molecule has 1 N–H and O–H groups in total. The van der Waals surface area contributed by atoms with Gasteiger partial charge >= 0.3 is 6.03 Å². The minimum Gasteiger partial charge on any atom is -0.481 e. The van der Waals surface area contributed by atoms with Gasteiger partial charge in [-0.05, 0) is 24.8 Å². The van der Waals surface area contributed by atoms with Gasteiger partial charge in [0.1, 0.15) is 0 Å². The molecule has 0 aromatic carbocycles. The highest BCUT2D eigenvalue weighted by atomic mass is 16.5. The Hall–Kier alpha value is -1.76. The zero-order valence-corrected chi connectivity index (χ0v) is 17.3. The van der Waals surface area contributed by atoms with E-state index in [9.17, 15) is 4.79 Å². The summed E-state index contributed by atoms with van der Waals surface area (Å²) in [6.45, 7) is 13.9. The average Bonchev–Trinajstić information content (AvgIpc) is 2.92. The Bertz CT molecular complexity index is 598. The molecule has 2 rings (SSSR count). The van der Waals surface area contributed by atoms with E-state index in [0.29, 0.717) is 17.8 Å². The van der Waals surface area contributed by atoms with Crippen LogP contribution in [0.25, 0.3) is 0 Å². The molecule has 1 fully saturated rings. The van der Waals surface area contributed by atoms with Gasteiger partial charge in [0.2, 0.25) is 5.88 Å². The van der Waals surface area contributed by atoms with E-state index < -0.39 is 0 Å². The first-order chi connectivity index (χ1) is 12.2. The molecule has 1 aliphatic heterocycles. The minimum atomic E-state index is -0.00608. The van der Waals surface area contributed by atoms with Gasteiger partial charge in [0.05, 0.1) is 24.9 Å². The number of piperazine rings is 1. The van der Waals surface area contributed by atoms with Crippen LogP contribution in [0.3, 0.4) is 0 Å². The number of aromatic nitrogens is 2. The maximum absolute atomic E-state index is 12.5. The molecular weight excluding hydrogens is 330 g/mol. The van der Waals surface area contributed by atoms with E-state index in [0.717, 1.165) is 50.4 Å². The lowest BCUT2D eigenvalue weighted by molar-refractivity contribution is 0.129. The lowest BCUT2D eigenvalue weighted by Crippen LogP contribution is -2.52. The van der Waals surface area contributed by atoms with Crippen molar-refractivity contribution in [3.63, 3.8) is 0 Å². The molecule has 7 nitrogen and oxygen atoms in total. The van der Waals surface area contributed by atoms with Crippen molar-refractivity contribution in [1.82, 2.24) is 24.9 Å². The van der Waals surface area contributed by atoms with Crippen LogP contribution >= 0.6 is 0 Å². The van der Waals surface area contributed by atoms with E-state index in [1.54, 1.807) is 11.8 Å². The van der Waals surface area contributed by atoms with Gasteiger partial charge < -0.3 is 15.0 Å². The number of hydrogen-bond acceptors (Lipinski definition) is 4. The summed E-state index contributed by atoms with van der Waals surface area (Å²) >= 11 is 0. The van der Waals surface area contributed by atoms with Crippen molar-refractivity contribution in [2.75, 3.05) is 39.8 Å². The van der Waals surface area contributed by atoms with E-state index in [-0.39, 0.29) is 6.03 Å². The van der Waals surface area contributed by atoms with Crippen LogP contribution in [0.4, 0.5) is 4.79 Å². The van der Waals surface area contributed by atoms with Crippen LogP contribution in [-0.4, -0.2) is 65.4 Å². The van der Waals surface area contributed by atoms with Crippen molar-refractivity contribution in [2.45, 2.75) is 47.1 Å². The van der Waals surface area contributed by atoms with Crippen molar-refractivity contribution < 1.29 is 9.53 Å². The molecule has 7 heteroatoms. The van der Waals surface area contributed by atoms with Gasteiger partial charge in [-0.15, -0.1) is 0 Å². The maximum Gasteiger partial charge on any atom is 0.317 e. The quantitative estimate of drug-likeness (QED) is 0.840. The third-order valence-electron chi connectivity index (χ3n) is 4.95. The largest absolute Gasteiger partial charge is 0.481 e. The first kappa shape index (κ1) is 20.6. The summed E-state index contributed by atoms with van der Waals surface area (Å²) in [6, 6.07) is -0.00608. The second kappa shape index (κ2) is 8.75. The Morgan fingerprint density at radius 2 is 1.88 bits per heavy atom. The topological polar surface area (TPSA) is 62.6 Å². The molecule has 0 aliphatic carbocycles. The van der Waals surface area contributed by atoms with E-state index in [1.165, 1.54) is 6.42 Å². The van der Waals surface area contributed by atoms with Gasteiger partial charge in [0, 0.05) is 33.2 Å².